The molecule has 1 aromatic carbocycles. The van der Waals surface area contributed by atoms with Gasteiger partial charge < -0.3 is 14.2 Å². The van der Waals surface area contributed by atoms with E-state index in [1.165, 1.54) is 21.9 Å². The first-order valence-corrected chi connectivity index (χ1v) is 9.52. The molecule has 0 spiro atoms. The van der Waals surface area contributed by atoms with Crippen molar-refractivity contribution in [2.45, 2.75) is 45.1 Å². The molecule has 0 atom stereocenters. The Morgan fingerprint density at radius 1 is 1.07 bits per heavy atom. The van der Waals surface area contributed by atoms with Gasteiger partial charge in [0, 0.05) is 26.2 Å². The van der Waals surface area contributed by atoms with E-state index >= 15 is 0 Å². The quantitative estimate of drug-likeness (QED) is 0.561. The number of carbonyl (C=O) groups excluding carboxylic acids is 1. The van der Waals surface area contributed by atoms with Crippen molar-refractivity contribution < 1.29 is 31.7 Å². The highest BCUT2D eigenvalue weighted by Crippen LogP contribution is 2.36. The number of hydrogen-bond acceptors (Lipinski definition) is 4. The molecule has 1 amide bonds. The maximum atomic E-state index is 14.7. The number of piperazine rings is 1. The Morgan fingerprint density at radius 2 is 1.62 bits per heavy atom. The third-order valence-electron chi connectivity index (χ3n) is 5.81. The number of hydrogen-bond donors (Lipinski definition) is 0. The molecule has 0 radical (unpaired) electrons. The zero-order valence-electron chi connectivity index (χ0n) is 17.0. The number of rotatable bonds is 3. The summed E-state index contributed by atoms with van der Waals surface area (Å²) in [5.74, 6) is -1.24. The number of alkyl halides is 3. The van der Waals surface area contributed by atoms with Crippen LogP contribution in [0.5, 0.6) is 0 Å². The van der Waals surface area contributed by atoms with Gasteiger partial charge in [-0.2, -0.15) is 13.2 Å². The van der Waals surface area contributed by atoms with Gasteiger partial charge in [0.15, 0.2) is 0 Å². The van der Waals surface area contributed by atoms with Crippen molar-refractivity contribution >= 4 is 18.5 Å². The number of halogens is 4. The number of nitrogens with zero attached hydrogens (tertiary/aromatic N) is 2. The average molecular weight is 416 g/mol. The predicted molar refractivity (Wildman–Crippen MR) is 101 cm³/mol. The Labute approximate surface area is 168 Å². The van der Waals surface area contributed by atoms with Crippen LogP contribution in [0.25, 0.3) is 0 Å². The van der Waals surface area contributed by atoms with Gasteiger partial charge in [-0.25, -0.2) is 4.39 Å². The van der Waals surface area contributed by atoms with Gasteiger partial charge in [0.1, 0.15) is 5.82 Å². The summed E-state index contributed by atoms with van der Waals surface area (Å²) >= 11 is 0. The molecule has 0 N–H and O–H groups in total. The van der Waals surface area contributed by atoms with Crippen LogP contribution in [0, 0.1) is 5.82 Å². The monoisotopic (exact) mass is 416 g/mol. The molecule has 10 heteroatoms. The third-order valence-corrected chi connectivity index (χ3v) is 5.81. The fourth-order valence-corrected chi connectivity index (χ4v) is 3.36. The highest BCUT2D eigenvalue weighted by Gasteiger charge is 2.51. The highest BCUT2D eigenvalue weighted by atomic mass is 19.4. The van der Waals surface area contributed by atoms with Crippen LogP contribution >= 0.6 is 0 Å². The minimum atomic E-state index is -4.28. The molecular weight excluding hydrogens is 391 g/mol. The molecule has 2 fully saturated rings. The van der Waals surface area contributed by atoms with Crippen molar-refractivity contribution in [3.05, 3.63) is 29.6 Å². The standard InChI is InChI=1S/C19H25BF4N2O3/c1-17(2)18(3,4)29-20(28-17)13-5-6-14(15(21)11-13)16(27)26-9-7-25(8-10-26)12-19(22,23)24/h5-6,11H,7-10,12H2,1-4H3. The highest BCUT2D eigenvalue weighted by molar-refractivity contribution is 6.62. The minimum Gasteiger partial charge on any atom is -0.399 e. The van der Waals surface area contributed by atoms with E-state index in [1.807, 2.05) is 27.7 Å². The molecule has 2 aliphatic heterocycles. The van der Waals surface area contributed by atoms with E-state index in [2.05, 4.69) is 0 Å². The fraction of sp³-hybridized carbons (Fsp3) is 0.632. The molecule has 29 heavy (non-hydrogen) atoms. The van der Waals surface area contributed by atoms with E-state index in [0.29, 0.717) is 5.46 Å². The largest absolute Gasteiger partial charge is 0.494 e. The summed E-state index contributed by atoms with van der Waals surface area (Å²) in [6, 6.07) is 4.17. The Hall–Kier alpha value is -1.65. The fourth-order valence-electron chi connectivity index (χ4n) is 3.36. The SMILES string of the molecule is CC1(C)OB(c2ccc(C(=O)N3CCN(CC(F)(F)F)CC3)c(F)c2)OC1(C)C. The molecule has 160 valence electrons. The second kappa shape index (κ2) is 7.56. The van der Waals surface area contributed by atoms with Gasteiger partial charge in [0.05, 0.1) is 23.3 Å². The lowest BCUT2D eigenvalue weighted by Crippen LogP contribution is -2.51. The topological polar surface area (TPSA) is 42.0 Å². The maximum absolute atomic E-state index is 14.7. The normalized spacial score (nSPS) is 22.2. The minimum absolute atomic E-state index is 0.0961. The maximum Gasteiger partial charge on any atom is 0.494 e. The second-order valence-corrected chi connectivity index (χ2v) is 8.51. The van der Waals surface area contributed by atoms with Crippen LogP contribution in [0.2, 0.25) is 0 Å². The van der Waals surface area contributed by atoms with Crippen LogP contribution in [0.4, 0.5) is 17.6 Å². The first-order valence-electron chi connectivity index (χ1n) is 9.52. The summed E-state index contributed by atoms with van der Waals surface area (Å²) in [7, 11) is -0.746. The molecule has 5 nitrogen and oxygen atoms in total. The summed E-state index contributed by atoms with van der Waals surface area (Å²) in [5.41, 5.74) is -0.792. The summed E-state index contributed by atoms with van der Waals surface area (Å²) in [6.45, 7) is 6.98. The van der Waals surface area contributed by atoms with Gasteiger partial charge in [-0.1, -0.05) is 6.07 Å². The third kappa shape index (κ3) is 4.75. The molecule has 0 saturated carbocycles. The number of benzene rings is 1. The Morgan fingerprint density at radius 3 is 2.10 bits per heavy atom. The summed E-state index contributed by atoms with van der Waals surface area (Å²) < 4.78 is 63.9. The second-order valence-electron chi connectivity index (χ2n) is 8.51. The van der Waals surface area contributed by atoms with E-state index in [0.717, 1.165) is 0 Å². The van der Waals surface area contributed by atoms with Gasteiger partial charge in [-0.3, -0.25) is 9.69 Å². The predicted octanol–water partition coefficient (Wildman–Crippen LogP) is 2.45. The zero-order chi connectivity index (χ0) is 21.6. The number of carbonyl (C=O) groups is 1. The van der Waals surface area contributed by atoms with Crippen LogP contribution in [-0.4, -0.2) is 72.9 Å². The lowest BCUT2D eigenvalue weighted by molar-refractivity contribution is -0.148. The van der Waals surface area contributed by atoms with Crippen molar-refractivity contribution in [3.8, 4) is 0 Å². The smallest absolute Gasteiger partial charge is 0.399 e. The molecule has 0 bridgehead atoms. The van der Waals surface area contributed by atoms with Gasteiger partial charge in [0.25, 0.3) is 5.91 Å². The molecular formula is C19H25BF4N2O3. The molecule has 0 unspecified atom stereocenters. The van der Waals surface area contributed by atoms with E-state index in [1.54, 1.807) is 6.07 Å². The molecule has 0 aromatic heterocycles. The first-order chi connectivity index (χ1) is 13.3. The van der Waals surface area contributed by atoms with Crippen LogP contribution in [0.1, 0.15) is 38.1 Å². The van der Waals surface area contributed by atoms with Gasteiger partial charge in [-0.15, -0.1) is 0 Å². The van der Waals surface area contributed by atoms with Crippen molar-refractivity contribution in [3.63, 3.8) is 0 Å². The van der Waals surface area contributed by atoms with E-state index in [9.17, 15) is 22.4 Å². The average Bonchev–Trinajstić information content (AvgIpc) is 2.81. The van der Waals surface area contributed by atoms with Gasteiger partial charge in [-0.05, 0) is 45.3 Å². The van der Waals surface area contributed by atoms with E-state index in [4.69, 9.17) is 9.31 Å². The van der Waals surface area contributed by atoms with Crippen molar-refractivity contribution in [1.82, 2.24) is 9.80 Å². The van der Waals surface area contributed by atoms with Gasteiger partial charge in [0.2, 0.25) is 0 Å². The molecule has 0 aliphatic carbocycles. The Kier molecular flexibility index (Phi) is 5.74. The molecule has 3 rings (SSSR count). The molecule has 2 heterocycles. The zero-order valence-corrected chi connectivity index (χ0v) is 17.0. The van der Waals surface area contributed by atoms with Crippen molar-refractivity contribution in [2.24, 2.45) is 0 Å². The van der Waals surface area contributed by atoms with Gasteiger partial charge >= 0.3 is 13.3 Å². The van der Waals surface area contributed by atoms with Crippen molar-refractivity contribution in [1.29, 1.82) is 0 Å². The molecule has 1 aromatic rings. The van der Waals surface area contributed by atoms with Crippen LogP contribution < -0.4 is 5.46 Å². The summed E-state index contributed by atoms with van der Waals surface area (Å²) in [4.78, 5) is 15.2. The first kappa shape index (κ1) is 22.0. The van der Waals surface area contributed by atoms with Crippen LogP contribution in [0.3, 0.4) is 0 Å². The Balaban J connectivity index is 1.66. The van der Waals surface area contributed by atoms with Crippen LogP contribution in [-0.2, 0) is 9.31 Å². The van der Waals surface area contributed by atoms with E-state index < -0.39 is 42.8 Å². The molecule has 2 aliphatic rings. The summed E-state index contributed by atoms with van der Waals surface area (Å²) in [6.07, 6.45) is -4.28. The van der Waals surface area contributed by atoms with E-state index in [-0.39, 0.29) is 31.7 Å². The Bertz CT molecular complexity index is 761. The van der Waals surface area contributed by atoms with Crippen molar-refractivity contribution in [2.75, 3.05) is 32.7 Å². The molecule has 2 saturated heterocycles. The number of amides is 1. The summed E-state index contributed by atoms with van der Waals surface area (Å²) in [5, 5.41) is 0. The lowest BCUT2D eigenvalue weighted by atomic mass is 9.78. The lowest BCUT2D eigenvalue weighted by Gasteiger charge is -2.35. The van der Waals surface area contributed by atoms with Crippen LogP contribution in [0.15, 0.2) is 18.2 Å².